The van der Waals surface area contributed by atoms with Crippen molar-refractivity contribution >= 4 is 29.3 Å². The molecule has 1 aromatic rings. The molecule has 1 aliphatic rings. The van der Waals surface area contributed by atoms with Crippen LogP contribution in [0.2, 0.25) is 0 Å². The van der Waals surface area contributed by atoms with Crippen molar-refractivity contribution in [2.45, 2.75) is 32.4 Å². The van der Waals surface area contributed by atoms with Crippen molar-refractivity contribution in [3.8, 4) is 0 Å². The lowest BCUT2D eigenvalue weighted by Gasteiger charge is -2.38. The average molecular weight is 309 g/mol. The zero-order chi connectivity index (χ0) is 15.4. The summed E-state index contributed by atoms with van der Waals surface area (Å²) in [7, 11) is 0. The second-order valence-corrected chi connectivity index (χ2v) is 6.15. The highest BCUT2D eigenvalue weighted by Crippen LogP contribution is 2.23. The van der Waals surface area contributed by atoms with E-state index in [0.29, 0.717) is 18.0 Å². The predicted molar refractivity (Wildman–Crippen MR) is 81.5 cm³/mol. The molecule has 0 spiro atoms. The molecule has 1 aromatic heterocycles. The Bertz CT molecular complexity index is 552. The molecule has 2 atom stereocenters. The fraction of sp³-hybridized carbons (Fsp3) is 0.467. The number of carbonyl (C=O) groups is 2. The number of thiophene rings is 1. The van der Waals surface area contributed by atoms with Crippen LogP contribution in [0.4, 0.5) is 0 Å². The van der Waals surface area contributed by atoms with E-state index in [0.717, 1.165) is 17.4 Å². The number of nitrogens with zero attached hydrogens (tertiary/aromatic N) is 1. The molecule has 0 saturated carbocycles. The molecule has 2 heterocycles. The van der Waals surface area contributed by atoms with E-state index in [-0.39, 0.29) is 18.1 Å². The van der Waals surface area contributed by atoms with Crippen LogP contribution in [-0.4, -0.2) is 47.2 Å². The first kappa shape index (κ1) is 15.7. The van der Waals surface area contributed by atoms with Gasteiger partial charge in [-0.1, -0.05) is 6.92 Å². The number of carbonyl (C=O) groups excluding carboxylic acids is 1. The summed E-state index contributed by atoms with van der Waals surface area (Å²) in [5.41, 5.74) is 0. The van der Waals surface area contributed by atoms with Crippen LogP contribution in [-0.2, 0) is 9.53 Å². The number of carboxylic acids is 1. The molecule has 0 bridgehead atoms. The maximum atomic E-state index is 12.6. The van der Waals surface area contributed by atoms with Crippen LogP contribution < -0.4 is 0 Å². The van der Waals surface area contributed by atoms with E-state index in [9.17, 15) is 9.59 Å². The molecular weight excluding hydrogens is 290 g/mol. The maximum absolute atomic E-state index is 12.6. The molecule has 21 heavy (non-hydrogen) atoms. The first-order chi connectivity index (χ1) is 10.0. The Labute approximate surface area is 127 Å². The maximum Gasteiger partial charge on any atom is 0.328 e. The lowest BCUT2D eigenvalue weighted by Crippen LogP contribution is -2.51. The van der Waals surface area contributed by atoms with E-state index >= 15 is 0 Å². The number of aliphatic carboxylic acids is 1. The Morgan fingerprint density at radius 2 is 2.29 bits per heavy atom. The third kappa shape index (κ3) is 3.92. The molecule has 1 N–H and O–H groups in total. The van der Waals surface area contributed by atoms with Gasteiger partial charge in [-0.25, -0.2) is 4.79 Å². The molecule has 0 aliphatic carbocycles. The highest BCUT2D eigenvalue weighted by atomic mass is 32.1. The fourth-order valence-corrected chi connectivity index (χ4v) is 3.15. The van der Waals surface area contributed by atoms with Crippen molar-refractivity contribution < 1.29 is 19.4 Å². The third-order valence-corrected chi connectivity index (χ3v) is 4.47. The molecule has 2 unspecified atom stereocenters. The van der Waals surface area contributed by atoms with Crippen LogP contribution >= 0.6 is 11.3 Å². The minimum Gasteiger partial charge on any atom is -0.478 e. The fourth-order valence-electron chi connectivity index (χ4n) is 2.28. The zero-order valence-electron chi connectivity index (χ0n) is 12.1. The first-order valence-corrected chi connectivity index (χ1v) is 7.76. The molecule has 1 fully saturated rings. The molecule has 5 nitrogen and oxygen atoms in total. The van der Waals surface area contributed by atoms with Crippen molar-refractivity contribution in [3.63, 3.8) is 0 Å². The minimum absolute atomic E-state index is 0.00280. The van der Waals surface area contributed by atoms with Crippen LogP contribution in [0.1, 0.15) is 34.8 Å². The van der Waals surface area contributed by atoms with E-state index < -0.39 is 5.97 Å². The highest BCUT2D eigenvalue weighted by molar-refractivity contribution is 7.14. The molecule has 1 aliphatic heterocycles. The van der Waals surface area contributed by atoms with Gasteiger partial charge in [0.25, 0.3) is 5.91 Å². The van der Waals surface area contributed by atoms with Crippen LogP contribution in [0.15, 0.2) is 18.2 Å². The van der Waals surface area contributed by atoms with Crippen LogP contribution in [0.3, 0.4) is 0 Å². The van der Waals surface area contributed by atoms with Crippen molar-refractivity contribution in [2.75, 3.05) is 13.2 Å². The van der Waals surface area contributed by atoms with Crippen molar-refractivity contribution in [2.24, 2.45) is 0 Å². The van der Waals surface area contributed by atoms with E-state index in [1.165, 1.54) is 17.4 Å². The zero-order valence-corrected chi connectivity index (χ0v) is 12.9. The van der Waals surface area contributed by atoms with Crippen molar-refractivity contribution in [1.82, 2.24) is 4.90 Å². The smallest absolute Gasteiger partial charge is 0.328 e. The quantitative estimate of drug-likeness (QED) is 0.868. The summed E-state index contributed by atoms with van der Waals surface area (Å²) >= 11 is 1.31. The van der Waals surface area contributed by atoms with Crippen LogP contribution in [0, 0.1) is 0 Å². The average Bonchev–Trinajstić information content (AvgIpc) is 2.93. The molecular formula is C15H19NO4S. The largest absolute Gasteiger partial charge is 0.478 e. The standard InChI is InChI=1S/C15H19NO4S/c1-3-11-9-20-10(2)8-16(11)15(19)13-6-4-12(21-13)5-7-14(17)18/h4-7,10-11H,3,8-9H2,1-2H3,(H,17,18). The Hall–Kier alpha value is -1.66. The summed E-state index contributed by atoms with van der Waals surface area (Å²) < 4.78 is 5.60. The van der Waals surface area contributed by atoms with Gasteiger partial charge in [0.05, 0.1) is 23.6 Å². The second-order valence-electron chi connectivity index (χ2n) is 5.04. The van der Waals surface area contributed by atoms with E-state index in [1.807, 2.05) is 18.7 Å². The topological polar surface area (TPSA) is 66.8 Å². The summed E-state index contributed by atoms with van der Waals surface area (Å²) in [6.07, 6.45) is 3.48. The number of amides is 1. The second kappa shape index (κ2) is 6.87. The van der Waals surface area contributed by atoms with Gasteiger partial charge in [-0.05, 0) is 31.6 Å². The minimum atomic E-state index is -0.996. The number of morpholine rings is 1. The van der Waals surface area contributed by atoms with Gasteiger partial charge < -0.3 is 14.7 Å². The van der Waals surface area contributed by atoms with Gasteiger partial charge in [-0.2, -0.15) is 0 Å². The van der Waals surface area contributed by atoms with Crippen LogP contribution in [0.5, 0.6) is 0 Å². The van der Waals surface area contributed by atoms with Crippen molar-refractivity contribution in [1.29, 1.82) is 0 Å². The van der Waals surface area contributed by atoms with E-state index in [2.05, 4.69) is 0 Å². The van der Waals surface area contributed by atoms with Gasteiger partial charge >= 0.3 is 5.97 Å². The van der Waals surface area contributed by atoms with Gasteiger partial charge in [-0.15, -0.1) is 11.3 Å². The molecule has 114 valence electrons. The van der Waals surface area contributed by atoms with Gasteiger partial charge in [0.15, 0.2) is 0 Å². The number of carboxylic acid groups (broad SMARTS) is 1. The summed E-state index contributed by atoms with van der Waals surface area (Å²) in [4.78, 5) is 26.4. The first-order valence-electron chi connectivity index (χ1n) is 6.94. The third-order valence-electron chi connectivity index (χ3n) is 3.43. The van der Waals surface area contributed by atoms with E-state index in [1.54, 1.807) is 12.1 Å². The Kier molecular flexibility index (Phi) is 5.14. The normalized spacial score (nSPS) is 22.7. The van der Waals surface area contributed by atoms with Crippen molar-refractivity contribution in [3.05, 3.63) is 28.0 Å². The van der Waals surface area contributed by atoms with Gasteiger partial charge in [0, 0.05) is 17.5 Å². The highest BCUT2D eigenvalue weighted by Gasteiger charge is 2.30. The van der Waals surface area contributed by atoms with Crippen LogP contribution in [0.25, 0.3) is 6.08 Å². The molecule has 1 amide bonds. The Morgan fingerprint density at radius 3 is 2.95 bits per heavy atom. The van der Waals surface area contributed by atoms with Gasteiger partial charge in [-0.3, -0.25) is 4.79 Å². The number of rotatable bonds is 4. The summed E-state index contributed by atoms with van der Waals surface area (Å²) in [6.45, 7) is 5.16. The molecule has 6 heteroatoms. The number of hydrogen-bond acceptors (Lipinski definition) is 4. The van der Waals surface area contributed by atoms with Gasteiger partial charge in [0.2, 0.25) is 0 Å². The molecule has 2 rings (SSSR count). The molecule has 1 saturated heterocycles. The summed E-state index contributed by atoms with van der Waals surface area (Å²) in [5, 5.41) is 8.62. The lowest BCUT2D eigenvalue weighted by molar-refractivity contribution is -0.131. The summed E-state index contributed by atoms with van der Waals surface area (Å²) in [5.74, 6) is -0.999. The van der Waals surface area contributed by atoms with E-state index in [4.69, 9.17) is 9.84 Å². The lowest BCUT2D eigenvalue weighted by atomic mass is 10.1. The number of hydrogen-bond donors (Lipinski definition) is 1. The van der Waals surface area contributed by atoms with Gasteiger partial charge in [0.1, 0.15) is 0 Å². The Balaban J connectivity index is 2.13. The predicted octanol–water partition coefficient (Wildman–Crippen LogP) is 2.49. The monoisotopic (exact) mass is 309 g/mol. The SMILES string of the molecule is CCC1COC(C)CN1C(=O)c1ccc(C=CC(=O)O)s1. The summed E-state index contributed by atoms with van der Waals surface area (Å²) in [6, 6.07) is 3.62. The molecule has 0 radical (unpaired) electrons. The molecule has 0 aromatic carbocycles. The number of ether oxygens (including phenoxy) is 1. The Morgan fingerprint density at radius 1 is 1.52 bits per heavy atom.